The number of ether oxygens (including phenoxy) is 4. The molecule has 1 aromatic heterocycles. The Balaban J connectivity index is 1.47. The molecular formula is C23H22FN3O6. The van der Waals surface area contributed by atoms with E-state index in [2.05, 4.69) is 15.4 Å². The van der Waals surface area contributed by atoms with Crippen LogP contribution in [0.15, 0.2) is 28.8 Å². The predicted octanol–water partition coefficient (Wildman–Crippen LogP) is 3.47. The number of fused-ring (bicyclic) bond motifs is 2. The third kappa shape index (κ3) is 3.62. The summed E-state index contributed by atoms with van der Waals surface area (Å²) in [6.07, 6.45) is 0.698. The largest absolute Gasteiger partial charge is 0.494 e. The van der Waals surface area contributed by atoms with Crippen molar-refractivity contribution >= 4 is 11.6 Å². The summed E-state index contributed by atoms with van der Waals surface area (Å²) in [5.74, 6) is 0.864. The highest BCUT2D eigenvalue weighted by molar-refractivity contribution is 6.05. The number of benzene rings is 2. The van der Waals surface area contributed by atoms with Crippen molar-refractivity contribution < 1.29 is 32.7 Å². The van der Waals surface area contributed by atoms with Crippen LogP contribution in [0.25, 0.3) is 11.3 Å². The van der Waals surface area contributed by atoms with Gasteiger partial charge in [-0.1, -0.05) is 5.16 Å². The molecule has 2 aliphatic heterocycles. The number of likely N-dealkylation sites (N-methyl/N-ethyl adjacent to an activating group) is 1. The molecule has 10 heteroatoms. The van der Waals surface area contributed by atoms with E-state index >= 15 is 0 Å². The number of rotatable bonds is 5. The summed E-state index contributed by atoms with van der Waals surface area (Å²) in [7, 11) is 4.99. The number of aromatic nitrogens is 1. The molecule has 33 heavy (non-hydrogen) atoms. The Labute approximate surface area is 189 Å². The molecule has 0 bridgehead atoms. The average molecular weight is 455 g/mol. The van der Waals surface area contributed by atoms with Gasteiger partial charge in [0.15, 0.2) is 34.5 Å². The highest BCUT2D eigenvalue weighted by Gasteiger charge is 2.33. The number of carbonyl (C=O) groups excluding carboxylic acids is 1. The van der Waals surface area contributed by atoms with Gasteiger partial charge in [-0.05, 0) is 37.2 Å². The van der Waals surface area contributed by atoms with Crippen molar-refractivity contribution in [3.63, 3.8) is 0 Å². The molecule has 1 N–H and O–H groups in total. The monoisotopic (exact) mass is 455 g/mol. The van der Waals surface area contributed by atoms with Crippen LogP contribution >= 0.6 is 0 Å². The number of nitrogens with one attached hydrogen (secondary N) is 1. The molecule has 0 fully saturated rings. The van der Waals surface area contributed by atoms with E-state index in [-0.39, 0.29) is 24.0 Å². The van der Waals surface area contributed by atoms with Crippen molar-refractivity contribution in [3.05, 3.63) is 46.9 Å². The Morgan fingerprint density at radius 3 is 2.73 bits per heavy atom. The minimum Gasteiger partial charge on any atom is -0.494 e. The van der Waals surface area contributed by atoms with E-state index in [9.17, 15) is 9.18 Å². The fourth-order valence-corrected chi connectivity index (χ4v) is 4.15. The van der Waals surface area contributed by atoms with Gasteiger partial charge in [0.05, 0.1) is 19.9 Å². The first-order valence-corrected chi connectivity index (χ1v) is 10.3. The molecule has 0 saturated heterocycles. The molecule has 0 radical (unpaired) electrons. The summed E-state index contributed by atoms with van der Waals surface area (Å²) in [6, 6.07) is 5.82. The van der Waals surface area contributed by atoms with Crippen molar-refractivity contribution in [1.82, 2.24) is 10.1 Å². The van der Waals surface area contributed by atoms with Crippen molar-refractivity contribution in [2.45, 2.75) is 13.0 Å². The minimum atomic E-state index is -0.542. The number of nitrogens with zero attached hydrogens (tertiary/aromatic N) is 2. The van der Waals surface area contributed by atoms with E-state index in [0.717, 1.165) is 17.7 Å². The lowest BCUT2D eigenvalue weighted by Crippen LogP contribution is -2.28. The summed E-state index contributed by atoms with van der Waals surface area (Å²) in [5.41, 5.74) is 2.90. The van der Waals surface area contributed by atoms with Crippen molar-refractivity contribution in [2.24, 2.45) is 0 Å². The molecule has 0 saturated carbocycles. The molecule has 0 spiro atoms. The fourth-order valence-electron chi connectivity index (χ4n) is 4.15. The van der Waals surface area contributed by atoms with Crippen LogP contribution < -0.4 is 24.3 Å². The zero-order valence-electron chi connectivity index (χ0n) is 18.4. The van der Waals surface area contributed by atoms with E-state index < -0.39 is 11.7 Å². The smallest absolute Gasteiger partial charge is 0.277 e. The third-order valence-electron chi connectivity index (χ3n) is 5.78. The van der Waals surface area contributed by atoms with Gasteiger partial charge in [0.2, 0.25) is 12.5 Å². The number of hydrogen-bond acceptors (Lipinski definition) is 8. The summed E-state index contributed by atoms with van der Waals surface area (Å²) in [4.78, 5) is 15.2. The summed E-state index contributed by atoms with van der Waals surface area (Å²) >= 11 is 0. The van der Waals surface area contributed by atoms with Crippen molar-refractivity contribution in [1.29, 1.82) is 0 Å². The number of anilines is 1. The summed E-state index contributed by atoms with van der Waals surface area (Å²) < 4.78 is 41.2. The molecule has 3 heterocycles. The lowest BCUT2D eigenvalue weighted by molar-refractivity contribution is 0.101. The lowest BCUT2D eigenvalue weighted by atomic mass is 9.95. The number of methoxy groups -OCH3 is 2. The van der Waals surface area contributed by atoms with Gasteiger partial charge in [0.1, 0.15) is 0 Å². The van der Waals surface area contributed by atoms with E-state index in [0.29, 0.717) is 41.5 Å². The number of hydrogen-bond donors (Lipinski definition) is 1. The molecule has 5 rings (SSSR count). The van der Waals surface area contributed by atoms with Crippen LogP contribution in [0.5, 0.6) is 23.0 Å². The highest BCUT2D eigenvalue weighted by Crippen LogP contribution is 2.52. The van der Waals surface area contributed by atoms with Crippen molar-refractivity contribution in [2.75, 3.05) is 39.9 Å². The van der Waals surface area contributed by atoms with Crippen molar-refractivity contribution in [3.8, 4) is 34.3 Å². The van der Waals surface area contributed by atoms with Gasteiger partial charge >= 0.3 is 0 Å². The van der Waals surface area contributed by atoms with E-state index in [1.807, 2.05) is 7.05 Å². The summed E-state index contributed by atoms with van der Waals surface area (Å²) in [6.45, 7) is 1.50. The third-order valence-corrected chi connectivity index (χ3v) is 5.78. The second kappa shape index (κ2) is 8.28. The van der Waals surface area contributed by atoms with E-state index in [1.54, 1.807) is 13.2 Å². The van der Waals surface area contributed by atoms with Gasteiger partial charge in [0, 0.05) is 30.3 Å². The quantitative estimate of drug-likeness (QED) is 0.625. The first-order valence-electron chi connectivity index (χ1n) is 10.3. The average Bonchev–Trinajstić information content (AvgIpc) is 3.49. The van der Waals surface area contributed by atoms with Gasteiger partial charge < -0.3 is 33.7 Å². The molecule has 0 unspecified atom stereocenters. The van der Waals surface area contributed by atoms with Crippen LogP contribution in [0.1, 0.15) is 21.6 Å². The Morgan fingerprint density at radius 1 is 1.15 bits per heavy atom. The Bertz CT molecular complexity index is 1240. The van der Waals surface area contributed by atoms with Crippen LogP contribution in [0.2, 0.25) is 0 Å². The van der Waals surface area contributed by atoms with E-state index in [1.165, 1.54) is 25.3 Å². The molecule has 0 aliphatic carbocycles. The Hall–Kier alpha value is -3.79. The lowest BCUT2D eigenvalue weighted by Gasteiger charge is -2.29. The second-order valence-electron chi connectivity index (χ2n) is 7.80. The number of carbonyl (C=O) groups is 1. The molecular weight excluding hydrogens is 433 g/mol. The second-order valence-corrected chi connectivity index (χ2v) is 7.80. The maximum Gasteiger partial charge on any atom is 0.277 e. The standard InChI is InChI=1S/C23H22FN3O6/c1-27-7-6-13-14(10-27)20(30-3)22-21(31-11-32-22)19(13)25-23(28)16-9-18(33-26-16)12-4-5-17(29-2)15(24)8-12/h4-5,8-9H,6-7,10-11H2,1-3H3,(H,25,28). The maximum atomic E-state index is 14.1. The topological polar surface area (TPSA) is 95.3 Å². The maximum absolute atomic E-state index is 14.1. The molecule has 0 atom stereocenters. The van der Waals surface area contributed by atoms with Gasteiger partial charge in [-0.2, -0.15) is 0 Å². The molecule has 2 aliphatic rings. The molecule has 2 aromatic carbocycles. The first-order chi connectivity index (χ1) is 16.0. The zero-order chi connectivity index (χ0) is 23.1. The minimum absolute atomic E-state index is 0.0322. The molecule has 9 nitrogen and oxygen atoms in total. The van der Waals surface area contributed by atoms with Gasteiger partial charge in [-0.15, -0.1) is 0 Å². The highest BCUT2D eigenvalue weighted by atomic mass is 19.1. The van der Waals surface area contributed by atoms with Crippen LogP contribution in [0.4, 0.5) is 10.1 Å². The molecule has 3 aromatic rings. The van der Waals surface area contributed by atoms with Gasteiger partial charge in [-0.25, -0.2) is 4.39 Å². The SMILES string of the molecule is COc1ccc(-c2cc(C(=O)Nc3c4c(c(OC)c5c3OCO5)CN(C)CC4)no2)cc1F. The number of halogens is 1. The Morgan fingerprint density at radius 2 is 1.97 bits per heavy atom. The zero-order valence-corrected chi connectivity index (χ0v) is 18.4. The predicted molar refractivity (Wildman–Crippen MR) is 116 cm³/mol. The molecule has 172 valence electrons. The fraction of sp³-hybridized carbons (Fsp3) is 0.304. The van der Waals surface area contributed by atoms with Crippen LogP contribution in [-0.2, 0) is 13.0 Å². The van der Waals surface area contributed by atoms with Gasteiger partial charge in [-0.3, -0.25) is 4.79 Å². The van der Waals surface area contributed by atoms with E-state index in [4.69, 9.17) is 23.5 Å². The van der Waals surface area contributed by atoms with Crippen LogP contribution in [0.3, 0.4) is 0 Å². The van der Waals surface area contributed by atoms with Gasteiger partial charge in [0.25, 0.3) is 5.91 Å². The number of amides is 1. The van der Waals surface area contributed by atoms with Crippen LogP contribution in [0, 0.1) is 5.82 Å². The molecule has 1 amide bonds. The van der Waals surface area contributed by atoms with Crippen LogP contribution in [-0.4, -0.2) is 50.6 Å². The summed E-state index contributed by atoms with van der Waals surface area (Å²) in [5, 5.41) is 6.78. The normalized spacial score (nSPS) is 14.7. The first kappa shape index (κ1) is 21.1. The Kier molecular flexibility index (Phi) is 5.29.